The van der Waals surface area contributed by atoms with Gasteiger partial charge in [0.05, 0.1) is 6.61 Å². The number of rotatable bonds is 5. The van der Waals surface area contributed by atoms with Gasteiger partial charge < -0.3 is 4.74 Å². The number of benzene rings is 1. The van der Waals surface area contributed by atoms with E-state index in [9.17, 15) is 4.79 Å². The second kappa shape index (κ2) is 5.13. The van der Waals surface area contributed by atoms with Crippen LogP contribution < -0.4 is 4.74 Å². The van der Waals surface area contributed by atoms with E-state index in [0.29, 0.717) is 24.7 Å². The van der Waals surface area contributed by atoms with Crippen LogP contribution in [0.15, 0.2) is 24.3 Å². The standard InChI is InChI=1S/C16H22O2/c1-16(2,3)13-5-4-6-14(11-13)18-10-9-15(17)12-7-8-12/h4-6,11-12H,7-10H2,1-3H3. The van der Waals surface area contributed by atoms with E-state index in [1.807, 2.05) is 12.1 Å². The molecule has 1 saturated carbocycles. The minimum absolute atomic E-state index is 0.128. The van der Waals surface area contributed by atoms with Crippen molar-refractivity contribution >= 4 is 5.78 Å². The molecule has 0 unspecified atom stereocenters. The van der Waals surface area contributed by atoms with Gasteiger partial charge in [-0.15, -0.1) is 0 Å². The minimum Gasteiger partial charge on any atom is -0.493 e. The second-order valence-electron chi connectivity index (χ2n) is 6.12. The fourth-order valence-corrected chi connectivity index (χ4v) is 1.93. The summed E-state index contributed by atoms with van der Waals surface area (Å²) >= 11 is 0. The molecule has 2 rings (SSSR count). The zero-order valence-corrected chi connectivity index (χ0v) is 11.5. The summed E-state index contributed by atoms with van der Waals surface area (Å²) in [5, 5.41) is 0. The van der Waals surface area contributed by atoms with Crippen molar-refractivity contribution in [2.24, 2.45) is 5.92 Å². The van der Waals surface area contributed by atoms with Gasteiger partial charge in [-0.25, -0.2) is 0 Å². The zero-order chi connectivity index (χ0) is 13.2. The molecule has 0 amide bonds. The first-order valence-electron chi connectivity index (χ1n) is 6.73. The van der Waals surface area contributed by atoms with E-state index in [4.69, 9.17) is 4.74 Å². The molecule has 0 heterocycles. The van der Waals surface area contributed by atoms with Crippen molar-refractivity contribution in [3.05, 3.63) is 29.8 Å². The van der Waals surface area contributed by atoms with E-state index < -0.39 is 0 Å². The van der Waals surface area contributed by atoms with E-state index in [1.165, 1.54) is 5.56 Å². The Bertz CT molecular complexity index is 425. The molecule has 1 aromatic carbocycles. The third-order valence-corrected chi connectivity index (χ3v) is 3.35. The molecule has 0 atom stereocenters. The molecule has 0 N–H and O–H groups in total. The van der Waals surface area contributed by atoms with Gasteiger partial charge in [0.15, 0.2) is 0 Å². The Balaban J connectivity index is 1.87. The average molecular weight is 246 g/mol. The number of hydrogen-bond donors (Lipinski definition) is 0. The molecule has 0 spiro atoms. The number of hydrogen-bond acceptors (Lipinski definition) is 2. The number of Topliss-reactive ketones (excluding diaryl/α,β-unsaturated/α-hetero) is 1. The van der Waals surface area contributed by atoms with Crippen molar-refractivity contribution in [3.63, 3.8) is 0 Å². The fourth-order valence-electron chi connectivity index (χ4n) is 1.93. The van der Waals surface area contributed by atoms with Crippen LogP contribution in [0.5, 0.6) is 5.75 Å². The molecule has 0 aromatic heterocycles. The first-order valence-corrected chi connectivity index (χ1v) is 6.73. The summed E-state index contributed by atoms with van der Waals surface area (Å²) in [6, 6.07) is 8.15. The van der Waals surface area contributed by atoms with Crippen LogP contribution in [0.25, 0.3) is 0 Å². The van der Waals surface area contributed by atoms with Crippen LogP contribution >= 0.6 is 0 Å². The molecule has 1 fully saturated rings. The molecule has 1 aliphatic rings. The Morgan fingerprint density at radius 3 is 2.67 bits per heavy atom. The lowest BCUT2D eigenvalue weighted by Crippen LogP contribution is -2.11. The highest BCUT2D eigenvalue weighted by molar-refractivity contribution is 5.83. The molecule has 1 aromatic rings. The van der Waals surface area contributed by atoms with Gasteiger partial charge in [-0.05, 0) is 36.0 Å². The normalized spacial score (nSPS) is 15.5. The number of carbonyl (C=O) groups excluding carboxylic acids is 1. The topological polar surface area (TPSA) is 26.3 Å². The summed E-state index contributed by atoms with van der Waals surface area (Å²) in [5.74, 6) is 1.57. The van der Waals surface area contributed by atoms with Crippen molar-refractivity contribution in [1.29, 1.82) is 0 Å². The van der Waals surface area contributed by atoms with E-state index in [0.717, 1.165) is 18.6 Å². The van der Waals surface area contributed by atoms with Gasteiger partial charge in [-0.3, -0.25) is 4.79 Å². The monoisotopic (exact) mass is 246 g/mol. The predicted molar refractivity (Wildman–Crippen MR) is 73.0 cm³/mol. The summed E-state index contributed by atoms with van der Waals surface area (Å²) in [5.41, 5.74) is 1.39. The largest absolute Gasteiger partial charge is 0.493 e. The Hall–Kier alpha value is -1.31. The first-order chi connectivity index (χ1) is 8.47. The van der Waals surface area contributed by atoms with Crippen molar-refractivity contribution in [2.45, 2.75) is 45.4 Å². The molecule has 2 heteroatoms. The van der Waals surface area contributed by atoms with E-state index >= 15 is 0 Å². The molecule has 0 radical (unpaired) electrons. The van der Waals surface area contributed by atoms with Gasteiger partial charge in [0.1, 0.15) is 11.5 Å². The van der Waals surface area contributed by atoms with E-state index in [-0.39, 0.29) is 5.41 Å². The van der Waals surface area contributed by atoms with Crippen molar-refractivity contribution in [2.75, 3.05) is 6.61 Å². The molecule has 18 heavy (non-hydrogen) atoms. The lowest BCUT2D eigenvalue weighted by molar-refractivity contribution is -0.120. The van der Waals surface area contributed by atoms with Crippen molar-refractivity contribution in [3.8, 4) is 5.75 Å². The van der Waals surface area contributed by atoms with Crippen LogP contribution in [0.2, 0.25) is 0 Å². The highest BCUT2D eigenvalue weighted by atomic mass is 16.5. The lowest BCUT2D eigenvalue weighted by atomic mass is 9.87. The highest BCUT2D eigenvalue weighted by Gasteiger charge is 2.28. The van der Waals surface area contributed by atoms with Crippen LogP contribution in [0.4, 0.5) is 0 Å². The van der Waals surface area contributed by atoms with Crippen molar-refractivity contribution in [1.82, 2.24) is 0 Å². The maximum atomic E-state index is 11.5. The van der Waals surface area contributed by atoms with Crippen LogP contribution in [-0.2, 0) is 10.2 Å². The molecule has 0 bridgehead atoms. The number of ketones is 1. The molecule has 0 saturated heterocycles. The smallest absolute Gasteiger partial charge is 0.139 e. The Kier molecular flexibility index (Phi) is 3.74. The van der Waals surface area contributed by atoms with Crippen LogP contribution in [0.1, 0.15) is 45.6 Å². The molecule has 0 aliphatic heterocycles. The van der Waals surface area contributed by atoms with Crippen LogP contribution in [-0.4, -0.2) is 12.4 Å². The van der Waals surface area contributed by atoms with Gasteiger partial charge in [-0.1, -0.05) is 32.9 Å². The third kappa shape index (κ3) is 3.59. The number of ether oxygens (including phenoxy) is 1. The fraction of sp³-hybridized carbons (Fsp3) is 0.562. The summed E-state index contributed by atoms with van der Waals surface area (Å²) < 4.78 is 5.67. The van der Waals surface area contributed by atoms with Gasteiger partial charge in [0.25, 0.3) is 0 Å². The zero-order valence-electron chi connectivity index (χ0n) is 11.5. The average Bonchev–Trinajstić information content (AvgIpc) is 3.12. The van der Waals surface area contributed by atoms with E-state index in [1.54, 1.807) is 0 Å². The predicted octanol–water partition coefficient (Wildman–Crippen LogP) is 3.73. The summed E-state index contributed by atoms with van der Waals surface area (Å²) in [4.78, 5) is 11.5. The summed E-state index contributed by atoms with van der Waals surface area (Å²) in [6.45, 7) is 7.05. The molecule has 2 nitrogen and oxygen atoms in total. The molecule has 1 aliphatic carbocycles. The van der Waals surface area contributed by atoms with Crippen LogP contribution in [0.3, 0.4) is 0 Å². The van der Waals surface area contributed by atoms with Gasteiger partial charge >= 0.3 is 0 Å². The highest BCUT2D eigenvalue weighted by Crippen LogP contribution is 2.31. The molecular formula is C16H22O2. The Morgan fingerprint density at radius 1 is 1.33 bits per heavy atom. The van der Waals surface area contributed by atoms with Gasteiger partial charge in [-0.2, -0.15) is 0 Å². The van der Waals surface area contributed by atoms with E-state index in [2.05, 4.69) is 32.9 Å². The Morgan fingerprint density at radius 2 is 2.06 bits per heavy atom. The van der Waals surface area contributed by atoms with Crippen LogP contribution in [0, 0.1) is 5.92 Å². The summed E-state index contributed by atoms with van der Waals surface area (Å²) in [7, 11) is 0. The first kappa shape index (κ1) is 13.1. The third-order valence-electron chi connectivity index (χ3n) is 3.35. The Labute approximate surface area is 109 Å². The molecular weight excluding hydrogens is 224 g/mol. The summed E-state index contributed by atoms with van der Waals surface area (Å²) in [6.07, 6.45) is 2.71. The molecule has 98 valence electrons. The minimum atomic E-state index is 0.128. The second-order valence-corrected chi connectivity index (χ2v) is 6.12. The van der Waals surface area contributed by atoms with Gasteiger partial charge in [0, 0.05) is 12.3 Å². The number of carbonyl (C=O) groups is 1. The maximum absolute atomic E-state index is 11.5. The maximum Gasteiger partial charge on any atom is 0.139 e. The quantitative estimate of drug-likeness (QED) is 0.791. The van der Waals surface area contributed by atoms with Gasteiger partial charge in [0.2, 0.25) is 0 Å². The SMILES string of the molecule is CC(C)(C)c1cccc(OCCC(=O)C2CC2)c1. The van der Waals surface area contributed by atoms with Crippen molar-refractivity contribution < 1.29 is 9.53 Å². The lowest BCUT2D eigenvalue weighted by Gasteiger charge is -2.19.